The van der Waals surface area contributed by atoms with Crippen LogP contribution >= 0.6 is 11.6 Å². The molecule has 1 aromatic carbocycles. The Kier molecular flexibility index (Phi) is 4.49. The van der Waals surface area contributed by atoms with Gasteiger partial charge in [0.2, 0.25) is 5.91 Å². The summed E-state index contributed by atoms with van der Waals surface area (Å²) in [4.78, 5) is 11.0. The molecular weight excluding hydrogens is 266 g/mol. The molecule has 0 atom stereocenters. The molecule has 92 valence electrons. The van der Waals surface area contributed by atoms with Crippen LogP contribution < -0.4 is 11.1 Å². The molecule has 0 aliphatic carbocycles. The third-order valence-electron chi connectivity index (χ3n) is 2.10. The van der Waals surface area contributed by atoms with Gasteiger partial charge in [0.05, 0.1) is 10.7 Å². The van der Waals surface area contributed by atoms with Crippen LogP contribution in [0.2, 0.25) is 5.02 Å². The number of hydrogen-bond acceptors (Lipinski definition) is 5. The Balaban J connectivity index is 3.27. The number of anilines is 1. The van der Waals surface area contributed by atoms with Gasteiger partial charge in [0, 0.05) is 5.56 Å². The lowest BCUT2D eigenvalue weighted by Gasteiger charge is -2.08. The highest BCUT2D eigenvalue weighted by atomic mass is 35.5. The van der Waals surface area contributed by atoms with Crippen molar-refractivity contribution in [3.63, 3.8) is 0 Å². The maximum absolute atomic E-state index is 11.0. The second-order valence-corrected chi connectivity index (χ2v) is 3.68. The van der Waals surface area contributed by atoms with Crippen LogP contribution in [-0.4, -0.2) is 5.91 Å². The van der Waals surface area contributed by atoms with Crippen LogP contribution in [0.1, 0.15) is 10.4 Å². The molecule has 0 heterocycles. The van der Waals surface area contributed by atoms with Crippen molar-refractivity contribution in [2.24, 2.45) is 5.73 Å². The van der Waals surface area contributed by atoms with E-state index in [2.05, 4.69) is 5.32 Å². The van der Waals surface area contributed by atoms with Crippen LogP contribution in [0.15, 0.2) is 29.5 Å². The normalized spacial score (nSPS) is 8.53. The lowest BCUT2D eigenvalue weighted by atomic mass is 10.1. The van der Waals surface area contributed by atoms with Crippen molar-refractivity contribution in [3.8, 4) is 18.2 Å². The molecule has 0 unspecified atom stereocenters. The predicted octanol–water partition coefficient (Wildman–Crippen LogP) is 1.68. The van der Waals surface area contributed by atoms with Gasteiger partial charge in [0.25, 0.3) is 0 Å². The van der Waals surface area contributed by atoms with Gasteiger partial charge in [0.1, 0.15) is 23.9 Å². The van der Waals surface area contributed by atoms with Gasteiger partial charge in [-0.2, -0.15) is 15.8 Å². The largest absolute Gasteiger partial charge is 0.366 e. The summed E-state index contributed by atoms with van der Waals surface area (Å²) in [6, 6.07) is 8.99. The molecule has 0 radical (unpaired) electrons. The van der Waals surface area contributed by atoms with E-state index in [1.165, 1.54) is 18.2 Å². The summed E-state index contributed by atoms with van der Waals surface area (Å²) in [5, 5.41) is 29.0. The van der Waals surface area contributed by atoms with Crippen molar-refractivity contribution in [2.75, 3.05) is 5.32 Å². The van der Waals surface area contributed by atoms with Crippen LogP contribution in [0.5, 0.6) is 0 Å². The smallest absolute Gasteiger partial charge is 0.248 e. The molecule has 0 spiro atoms. The third-order valence-corrected chi connectivity index (χ3v) is 2.43. The molecule has 1 aromatic rings. The number of amides is 1. The molecule has 0 fully saturated rings. The third kappa shape index (κ3) is 3.23. The maximum Gasteiger partial charge on any atom is 0.248 e. The summed E-state index contributed by atoms with van der Waals surface area (Å²) in [7, 11) is 0. The molecule has 1 amide bonds. The van der Waals surface area contributed by atoms with Gasteiger partial charge in [0.15, 0.2) is 5.57 Å². The van der Waals surface area contributed by atoms with Crippen molar-refractivity contribution in [1.82, 2.24) is 0 Å². The number of nitrogens with zero attached hydrogens (tertiary/aromatic N) is 3. The van der Waals surface area contributed by atoms with Gasteiger partial charge in [-0.05, 0) is 18.2 Å². The molecule has 0 aliphatic heterocycles. The van der Waals surface area contributed by atoms with E-state index in [9.17, 15) is 4.79 Å². The fourth-order valence-electron chi connectivity index (χ4n) is 1.19. The summed E-state index contributed by atoms with van der Waals surface area (Å²) in [5.74, 6) is -0.664. The maximum atomic E-state index is 11.0. The summed E-state index contributed by atoms with van der Waals surface area (Å²) in [6.07, 6.45) is 0. The first-order chi connectivity index (χ1) is 9.03. The molecule has 19 heavy (non-hydrogen) atoms. The molecule has 0 saturated heterocycles. The first-order valence-electron chi connectivity index (χ1n) is 4.84. The Bertz CT molecular complexity index is 672. The van der Waals surface area contributed by atoms with Gasteiger partial charge >= 0.3 is 0 Å². The number of nitrogens with one attached hydrogen (secondary N) is 1. The Hall–Kier alpha value is -3.01. The molecule has 0 aliphatic rings. The Morgan fingerprint density at radius 2 is 1.84 bits per heavy atom. The van der Waals surface area contributed by atoms with Gasteiger partial charge < -0.3 is 11.1 Å². The molecule has 0 aromatic heterocycles. The summed E-state index contributed by atoms with van der Waals surface area (Å²) in [5.41, 5.74) is 4.86. The minimum absolute atomic E-state index is 0.180. The Morgan fingerprint density at radius 1 is 1.21 bits per heavy atom. The molecule has 1 rings (SSSR count). The van der Waals surface area contributed by atoms with Crippen LogP contribution in [0, 0.1) is 34.0 Å². The second-order valence-electron chi connectivity index (χ2n) is 3.27. The first-order valence-corrected chi connectivity index (χ1v) is 5.22. The first kappa shape index (κ1) is 14.1. The molecular formula is C12H6ClN5O. The highest BCUT2D eigenvalue weighted by molar-refractivity contribution is 6.33. The van der Waals surface area contributed by atoms with Gasteiger partial charge in [-0.15, -0.1) is 0 Å². The second kappa shape index (κ2) is 6.07. The van der Waals surface area contributed by atoms with E-state index in [0.717, 1.165) is 0 Å². The quantitative estimate of drug-likeness (QED) is 0.809. The van der Waals surface area contributed by atoms with Crippen LogP contribution in [0.25, 0.3) is 0 Å². The van der Waals surface area contributed by atoms with Crippen LogP contribution in [0.4, 0.5) is 5.69 Å². The fourth-order valence-corrected chi connectivity index (χ4v) is 1.36. The number of carbonyl (C=O) groups is 1. The summed E-state index contributed by atoms with van der Waals surface area (Å²) in [6.45, 7) is 0. The predicted molar refractivity (Wildman–Crippen MR) is 67.5 cm³/mol. The van der Waals surface area contributed by atoms with Crippen molar-refractivity contribution in [3.05, 3.63) is 40.1 Å². The molecule has 0 bridgehead atoms. The number of hydrogen-bond donors (Lipinski definition) is 2. The van der Waals surface area contributed by atoms with E-state index in [1.807, 2.05) is 0 Å². The molecule has 0 saturated carbocycles. The lowest BCUT2D eigenvalue weighted by molar-refractivity contribution is 0.100. The Morgan fingerprint density at radius 3 is 2.32 bits per heavy atom. The van der Waals surface area contributed by atoms with Crippen molar-refractivity contribution < 1.29 is 4.79 Å². The number of benzene rings is 1. The molecule has 3 N–H and O–H groups in total. The average molecular weight is 272 g/mol. The summed E-state index contributed by atoms with van der Waals surface area (Å²) < 4.78 is 0. The summed E-state index contributed by atoms with van der Waals surface area (Å²) >= 11 is 5.88. The number of allylic oxidation sites excluding steroid dienone is 2. The van der Waals surface area contributed by atoms with Crippen LogP contribution in [-0.2, 0) is 0 Å². The van der Waals surface area contributed by atoms with Gasteiger partial charge in [-0.1, -0.05) is 11.6 Å². The van der Waals surface area contributed by atoms with Crippen molar-refractivity contribution in [1.29, 1.82) is 15.8 Å². The zero-order chi connectivity index (χ0) is 14.4. The van der Waals surface area contributed by atoms with E-state index in [-0.39, 0.29) is 27.5 Å². The number of nitriles is 3. The number of primary amides is 1. The SMILES string of the molecule is N#CC(C#N)=C(C#N)Nc1cc(C(N)=O)ccc1Cl. The minimum Gasteiger partial charge on any atom is -0.366 e. The monoisotopic (exact) mass is 271 g/mol. The minimum atomic E-state index is -0.664. The van der Waals surface area contributed by atoms with E-state index in [0.29, 0.717) is 0 Å². The zero-order valence-corrected chi connectivity index (χ0v) is 10.2. The number of carbonyl (C=O) groups excluding carboxylic acids is 1. The van der Waals surface area contributed by atoms with E-state index in [4.69, 9.17) is 33.1 Å². The molecule has 6 nitrogen and oxygen atoms in total. The van der Waals surface area contributed by atoms with Gasteiger partial charge in [-0.3, -0.25) is 4.79 Å². The van der Waals surface area contributed by atoms with Crippen LogP contribution in [0.3, 0.4) is 0 Å². The Labute approximate surface area is 113 Å². The standard InChI is InChI=1S/C12H6ClN5O/c13-9-2-1-7(12(17)19)3-10(9)18-11(6-16)8(4-14)5-15/h1-3,18H,(H2,17,19). The van der Waals surface area contributed by atoms with Crippen molar-refractivity contribution >= 4 is 23.2 Å². The molecule has 7 heteroatoms. The average Bonchev–Trinajstić information content (AvgIpc) is 2.40. The highest BCUT2D eigenvalue weighted by Crippen LogP contribution is 2.24. The van der Waals surface area contributed by atoms with E-state index >= 15 is 0 Å². The van der Waals surface area contributed by atoms with E-state index in [1.54, 1.807) is 18.2 Å². The highest BCUT2D eigenvalue weighted by Gasteiger charge is 2.10. The zero-order valence-electron chi connectivity index (χ0n) is 9.44. The number of nitrogens with two attached hydrogens (primary N) is 1. The number of halogens is 1. The van der Waals surface area contributed by atoms with Gasteiger partial charge in [-0.25, -0.2) is 0 Å². The fraction of sp³-hybridized carbons (Fsp3) is 0. The topological polar surface area (TPSA) is 126 Å². The number of rotatable bonds is 3. The lowest BCUT2D eigenvalue weighted by Crippen LogP contribution is -2.11. The van der Waals surface area contributed by atoms with Crippen molar-refractivity contribution in [2.45, 2.75) is 0 Å². The van der Waals surface area contributed by atoms with E-state index < -0.39 is 5.91 Å².